The van der Waals surface area contributed by atoms with Crippen molar-refractivity contribution in [1.82, 2.24) is 0 Å². The number of esters is 1. The van der Waals surface area contributed by atoms with Gasteiger partial charge >= 0.3 is 94.1 Å². The molecule has 2 rings (SSSR count). The Bertz CT molecular complexity index is 770. The van der Waals surface area contributed by atoms with Crippen LogP contribution in [0.15, 0.2) is 35.0 Å². The van der Waals surface area contributed by atoms with Crippen molar-refractivity contribution in [3.63, 3.8) is 0 Å². The van der Waals surface area contributed by atoms with Crippen LogP contribution in [0.5, 0.6) is 5.75 Å². The van der Waals surface area contributed by atoms with E-state index in [0.717, 1.165) is 0 Å². The zero-order chi connectivity index (χ0) is 19.0. The molecule has 1 amide bonds. The van der Waals surface area contributed by atoms with Crippen LogP contribution >= 0.6 is 11.3 Å². The fourth-order valence-corrected chi connectivity index (χ4v) is 3.85. The van der Waals surface area contributed by atoms with Gasteiger partial charge in [0.25, 0.3) is 0 Å². The van der Waals surface area contributed by atoms with E-state index in [1.807, 2.05) is 5.38 Å². The van der Waals surface area contributed by atoms with Gasteiger partial charge in [-0.15, -0.1) is 0 Å². The molecular weight excluding hydrogens is 413 g/mol. The van der Waals surface area contributed by atoms with E-state index in [1.165, 1.54) is 36.5 Å². The number of para-hydroxylation sites is 1. The molecular formula is C15H18AsNO7S. The van der Waals surface area contributed by atoms with Gasteiger partial charge in [-0.25, -0.2) is 4.79 Å². The summed E-state index contributed by atoms with van der Waals surface area (Å²) in [6.07, 6.45) is 0. The maximum absolute atomic E-state index is 11.1. The summed E-state index contributed by atoms with van der Waals surface area (Å²) in [4.78, 5) is 21.7. The van der Waals surface area contributed by atoms with Crippen molar-refractivity contribution >= 4 is 47.4 Å². The third-order valence-electron chi connectivity index (χ3n) is 2.67. The van der Waals surface area contributed by atoms with Gasteiger partial charge in [-0.05, 0) is 18.4 Å². The predicted molar refractivity (Wildman–Crippen MR) is 93.2 cm³/mol. The molecule has 0 aliphatic heterocycles. The molecule has 0 bridgehead atoms. The van der Waals surface area contributed by atoms with E-state index in [0.29, 0.717) is 12.2 Å². The van der Waals surface area contributed by atoms with Crippen molar-refractivity contribution in [2.75, 3.05) is 11.9 Å². The molecule has 0 radical (unpaired) electrons. The molecule has 0 aliphatic carbocycles. The first kappa shape index (κ1) is 21.0. The molecule has 0 aliphatic rings. The maximum atomic E-state index is 11.1. The molecule has 0 fully saturated rings. The molecule has 1 aromatic heterocycles. The number of carbonyl (C=O) groups is 2. The summed E-state index contributed by atoms with van der Waals surface area (Å²) in [6.45, 7) is 3.42. The number of ether oxygens (including phenoxy) is 1. The second-order valence-electron chi connectivity index (χ2n) is 4.63. The maximum Gasteiger partial charge on any atom is 0.338 e. The molecule has 8 nitrogen and oxygen atoms in total. The van der Waals surface area contributed by atoms with E-state index in [1.54, 1.807) is 18.4 Å². The van der Waals surface area contributed by atoms with E-state index in [2.05, 4.69) is 5.32 Å². The van der Waals surface area contributed by atoms with Crippen LogP contribution in [0, 0.1) is 0 Å². The summed E-state index contributed by atoms with van der Waals surface area (Å²) in [5.41, 5.74) is 0.421. The minimum atomic E-state index is -5.14. The molecule has 136 valence electrons. The Hall–Kier alpha value is -2.06. The average Bonchev–Trinajstić information content (AvgIpc) is 3.03. The van der Waals surface area contributed by atoms with Crippen LogP contribution in [0.25, 0.3) is 0 Å². The normalized spacial score (nSPS) is 10.4. The van der Waals surface area contributed by atoms with Crippen molar-refractivity contribution in [2.24, 2.45) is 0 Å². The Kier molecular flexibility index (Phi) is 7.91. The van der Waals surface area contributed by atoms with Gasteiger partial charge in [0.2, 0.25) is 0 Å². The predicted octanol–water partition coefficient (Wildman–Crippen LogP) is 0.836. The van der Waals surface area contributed by atoms with Gasteiger partial charge < -0.3 is 4.74 Å². The molecule has 0 atom stereocenters. The number of anilines is 1. The van der Waals surface area contributed by atoms with Crippen molar-refractivity contribution in [2.45, 2.75) is 13.8 Å². The van der Waals surface area contributed by atoms with E-state index >= 15 is 0 Å². The molecule has 0 spiro atoms. The van der Waals surface area contributed by atoms with Crippen molar-refractivity contribution < 1.29 is 31.4 Å². The summed E-state index contributed by atoms with van der Waals surface area (Å²) in [7, 11) is 0. The summed E-state index contributed by atoms with van der Waals surface area (Å²) >= 11 is -3.65. The Morgan fingerprint density at radius 2 is 1.96 bits per heavy atom. The van der Waals surface area contributed by atoms with Crippen LogP contribution in [-0.2, 0) is 13.3 Å². The Balaban J connectivity index is 0.000000271. The van der Waals surface area contributed by atoms with Crippen molar-refractivity contribution in [3.05, 3.63) is 40.6 Å². The monoisotopic (exact) mass is 431 g/mol. The quantitative estimate of drug-likeness (QED) is 0.320. The van der Waals surface area contributed by atoms with Crippen LogP contribution < -0.4 is 9.67 Å². The van der Waals surface area contributed by atoms with Crippen molar-refractivity contribution in [1.29, 1.82) is 0 Å². The SMILES string of the molecule is CC(=O)Nc1c(O)cccc1[As](=O)(O)O.CCOC(=O)c1ccsc1. The first-order chi connectivity index (χ1) is 11.7. The molecule has 1 heterocycles. The zero-order valence-electron chi connectivity index (χ0n) is 13.5. The number of phenols is 1. The molecule has 10 heteroatoms. The molecule has 0 unspecified atom stereocenters. The largest absolute Gasteiger partial charge is 0.462 e. The smallest absolute Gasteiger partial charge is 0.338 e. The van der Waals surface area contributed by atoms with E-state index in [-0.39, 0.29) is 21.8 Å². The number of carbonyl (C=O) groups excluding carboxylic acids is 2. The van der Waals surface area contributed by atoms with Gasteiger partial charge in [-0.1, -0.05) is 0 Å². The minimum absolute atomic E-state index is 0.225. The number of amides is 1. The van der Waals surface area contributed by atoms with Gasteiger partial charge in [0.05, 0.1) is 12.2 Å². The molecule has 1 aromatic carbocycles. The number of thiophene rings is 1. The second kappa shape index (κ2) is 9.43. The van der Waals surface area contributed by atoms with Crippen LogP contribution in [0.2, 0.25) is 0 Å². The summed E-state index contributed by atoms with van der Waals surface area (Å²) in [5.74, 6) is -1.11. The van der Waals surface area contributed by atoms with E-state index in [4.69, 9.17) is 12.9 Å². The Morgan fingerprint density at radius 3 is 2.44 bits per heavy atom. The van der Waals surface area contributed by atoms with Crippen LogP contribution in [0.1, 0.15) is 24.2 Å². The number of phenolic OH excluding ortho intramolecular Hbond substituents is 1. The zero-order valence-corrected chi connectivity index (χ0v) is 16.2. The number of aromatic hydroxyl groups is 1. The molecule has 0 saturated carbocycles. The standard InChI is InChI=1S/C8H10AsNO5.C7H8O2S/c1-5(11)10-8-6(9(13,14)15)3-2-4-7(8)12;1-2-9-7(8)6-3-4-10-5-6/h2-4,12H,1H3,(H,10,11)(H2,13,14,15);3-5H,2H2,1H3. The van der Waals surface area contributed by atoms with E-state index in [9.17, 15) is 18.4 Å². The number of nitrogens with one attached hydrogen (secondary N) is 1. The fourth-order valence-electron chi connectivity index (χ4n) is 1.67. The second-order valence-corrected chi connectivity index (χ2v) is 8.70. The van der Waals surface area contributed by atoms with Crippen molar-refractivity contribution in [3.8, 4) is 5.75 Å². The first-order valence-electron chi connectivity index (χ1n) is 7.01. The fraction of sp³-hybridized carbons (Fsp3) is 0.200. The third-order valence-corrected chi connectivity index (χ3v) is 5.45. The summed E-state index contributed by atoms with van der Waals surface area (Å²) < 4.78 is 33.5. The van der Waals surface area contributed by atoms with Crippen LogP contribution in [0.3, 0.4) is 0 Å². The van der Waals surface area contributed by atoms with Crippen LogP contribution in [0.4, 0.5) is 5.69 Å². The number of hydrogen-bond acceptors (Lipinski definition) is 6. The number of rotatable bonds is 4. The van der Waals surface area contributed by atoms with Gasteiger partial charge in [0.1, 0.15) is 0 Å². The minimum Gasteiger partial charge on any atom is -0.462 e. The van der Waals surface area contributed by atoms with E-state index < -0.39 is 20.1 Å². The van der Waals surface area contributed by atoms with Gasteiger partial charge in [0.15, 0.2) is 0 Å². The number of hydrogen-bond donors (Lipinski definition) is 4. The summed E-state index contributed by atoms with van der Waals surface area (Å²) in [5, 5.41) is 15.2. The van der Waals surface area contributed by atoms with Gasteiger partial charge in [-0.3, -0.25) is 0 Å². The topological polar surface area (TPSA) is 133 Å². The molecule has 2 aromatic rings. The molecule has 4 N–H and O–H groups in total. The Labute approximate surface area is 151 Å². The van der Waals surface area contributed by atoms with Gasteiger partial charge in [-0.2, -0.15) is 11.3 Å². The van der Waals surface area contributed by atoms with Crippen LogP contribution in [-0.4, -0.2) is 46.0 Å². The molecule has 0 saturated heterocycles. The third kappa shape index (κ3) is 6.75. The summed E-state index contributed by atoms with van der Waals surface area (Å²) in [6, 6.07) is 5.46. The Morgan fingerprint density at radius 1 is 1.28 bits per heavy atom. The average molecular weight is 431 g/mol. The first-order valence-corrected chi connectivity index (χ1v) is 11.3. The number of benzene rings is 1. The molecule has 25 heavy (non-hydrogen) atoms. The van der Waals surface area contributed by atoms with Gasteiger partial charge in [0, 0.05) is 5.38 Å².